The van der Waals surface area contributed by atoms with E-state index in [2.05, 4.69) is 26.3 Å². The Morgan fingerprint density at radius 2 is 2.17 bits per heavy atom. The van der Waals surface area contributed by atoms with Gasteiger partial charge in [-0.3, -0.25) is 4.79 Å². The van der Waals surface area contributed by atoms with Crippen molar-refractivity contribution >= 4 is 21.8 Å². The first-order chi connectivity index (χ1) is 8.66. The molecule has 0 radical (unpaired) electrons. The highest BCUT2D eigenvalue weighted by Gasteiger charge is 2.09. The molecule has 0 spiro atoms. The molecule has 94 valence electrons. The van der Waals surface area contributed by atoms with Gasteiger partial charge in [-0.1, -0.05) is 41.1 Å². The van der Waals surface area contributed by atoms with Gasteiger partial charge in [-0.15, -0.1) is 0 Å². The molecule has 1 unspecified atom stereocenters. The number of alkyl halides is 1. The van der Waals surface area contributed by atoms with Crippen molar-refractivity contribution in [1.82, 2.24) is 15.1 Å². The van der Waals surface area contributed by atoms with Crippen LogP contribution in [0, 0.1) is 0 Å². The standard InChI is InChI=1S/C13H14BrN3O/c1-10(14)7-15-13(18)11-8-16-17(9-11)12-5-3-2-4-6-12/h2-6,8-10H,7H2,1H3,(H,15,18). The Labute approximate surface area is 114 Å². The van der Waals surface area contributed by atoms with Crippen LogP contribution in [0.15, 0.2) is 42.7 Å². The summed E-state index contributed by atoms with van der Waals surface area (Å²) < 4.78 is 1.69. The van der Waals surface area contributed by atoms with Crippen LogP contribution in [-0.4, -0.2) is 27.1 Å². The number of amides is 1. The third-order valence-corrected chi connectivity index (χ3v) is 2.73. The fourth-order valence-corrected chi connectivity index (χ4v) is 1.66. The van der Waals surface area contributed by atoms with Crippen molar-refractivity contribution in [2.45, 2.75) is 11.8 Å². The van der Waals surface area contributed by atoms with E-state index in [-0.39, 0.29) is 10.7 Å². The van der Waals surface area contributed by atoms with Gasteiger partial charge in [0.05, 0.1) is 17.4 Å². The van der Waals surface area contributed by atoms with Crippen LogP contribution in [0.1, 0.15) is 17.3 Å². The van der Waals surface area contributed by atoms with Crippen LogP contribution in [0.2, 0.25) is 0 Å². The highest BCUT2D eigenvalue weighted by molar-refractivity contribution is 9.09. The first-order valence-electron chi connectivity index (χ1n) is 5.69. The quantitative estimate of drug-likeness (QED) is 0.882. The second-order valence-electron chi connectivity index (χ2n) is 4.00. The zero-order valence-electron chi connectivity index (χ0n) is 10.0. The molecular formula is C13H14BrN3O. The van der Waals surface area contributed by atoms with E-state index in [1.807, 2.05) is 37.3 Å². The largest absolute Gasteiger partial charge is 0.351 e. The van der Waals surface area contributed by atoms with Gasteiger partial charge in [0, 0.05) is 17.6 Å². The molecule has 18 heavy (non-hydrogen) atoms. The van der Waals surface area contributed by atoms with Crippen LogP contribution in [-0.2, 0) is 0 Å². The Kier molecular flexibility index (Phi) is 4.15. The number of para-hydroxylation sites is 1. The number of hydrogen-bond donors (Lipinski definition) is 1. The molecule has 0 saturated heterocycles. The summed E-state index contributed by atoms with van der Waals surface area (Å²) in [5, 5.41) is 7.00. The summed E-state index contributed by atoms with van der Waals surface area (Å²) in [6.07, 6.45) is 3.30. The third kappa shape index (κ3) is 3.20. The Bertz CT molecular complexity index is 522. The molecule has 0 aliphatic carbocycles. The van der Waals surface area contributed by atoms with E-state index in [1.54, 1.807) is 17.1 Å². The molecule has 1 atom stereocenters. The molecule has 5 heteroatoms. The molecule has 0 aliphatic heterocycles. The van der Waals surface area contributed by atoms with Gasteiger partial charge < -0.3 is 5.32 Å². The third-order valence-electron chi connectivity index (χ3n) is 2.41. The normalized spacial score (nSPS) is 12.1. The van der Waals surface area contributed by atoms with Crippen LogP contribution in [0.4, 0.5) is 0 Å². The van der Waals surface area contributed by atoms with E-state index in [1.165, 1.54) is 0 Å². The van der Waals surface area contributed by atoms with Gasteiger partial charge in [0.1, 0.15) is 0 Å². The predicted molar refractivity (Wildman–Crippen MR) is 74.3 cm³/mol. The number of hydrogen-bond acceptors (Lipinski definition) is 2. The van der Waals surface area contributed by atoms with Gasteiger partial charge in [-0.25, -0.2) is 4.68 Å². The van der Waals surface area contributed by atoms with Crippen LogP contribution >= 0.6 is 15.9 Å². The zero-order chi connectivity index (χ0) is 13.0. The van der Waals surface area contributed by atoms with Crippen molar-refractivity contribution in [2.75, 3.05) is 6.54 Å². The Balaban J connectivity index is 2.09. The molecule has 0 fully saturated rings. The number of nitrogens with zero attached hydrogens (tertiary/aromatic N) is 2. The van der Waals surface area contributed by atoms with Crippen molar-refractivity contribution in [1.29, 1.82) is 0 Å². The summed E-state index contributed by atoms with van der Waals surface area (Å²) in [7, 11) is 0. The lowest BCUT2D eigenvalue weighted by atomic mass is 10.3. The average molecular weight is 308 g/mol. The van der Waals surface area contributed by atoms with Crippen molar-refractivity contribution < 1.29 is 4.79 Å². The molecule has 0 saturated carbocycles. The minimum atomic E-state index is -0.108. The monoisotopic (exact) mass is 307 g/mol. The first-order valence-corrected chi connectivity index (χ1v) is 6.61. The number of carbonyl (C=O) groups is 1. The van der Waals surface area contributed by atoms with Crippen molar-refractivity contribution in [3.8, 4) is 5.69 Å². The van der Waals surface area contributed by atoms with E-state index in [9.17, 15) is 4.79 Å². The van der Waals surface area contributed by atoms with E-state index in [4.69, 9.17) is 0 Å². The van der Waals surface area contributed by atoms with E-state index < -0.39 is 0 Å². The number of carbonyl (C=O) groups excluding carboxylic acids is 1. The maximum atomic E-state index is 11.8. The predicted octanol–water partition coefficient (Wildman–Crippen LogP) is 2.39. The maximum absolute atomic E-state index is 11.8. The first kappa shape index (κ1) is 12.8. The topological polar surface area (TPSA) is 46.9 Å². The molecule has 1 N–H and O–H groups in total. The van der Waals surface area contributed by atoms with Gasteiger partial charge in [0.25, 0.3) is 5.91 Å². The number of nitrogens with one attached hydrogen (secondary N) is 1. The van der Waals surface area contributed by atoms with Crippen LogP contribution < -0.4 is 5.32 Å². The lowest BCUT2D eigenvalue weighted by Crippen LogP contribution is -2.28. The number of rotatable bonds is 4. The lowest BCUT2D eigenvalue weighted by Gasteiger charge is -2.04. The van der Waals surface area contributed by atoms with Gasteiger partial charge in [-0.2, -0.15) is 5.10 Å². The lowest BCUT2D eigenvalue weighted by molar-refractivity contribution is 0.0954. The average Bonchev–Trinajstić information content (AvgIpc) is 2.86. The van der Waals surface area contributed by atoms with E-state index in [0.29, 0.717) is 12.1 Å². The van der Waals surface area contributed by atoms with Gasteiger partial charge >= 0.3 is 0 Å². The summed E-state index contributed by atoms with van der Waals surface area (Å²) >= 11 is 3.38. The minimum absolute atomic E-state index is 0.108. The summed E-state index contributed by atoms with van der Waals surface area (Å²) in [4.78, 5) is 12.1. The van der Waals surface area contributed by atoms with Gasteiger partial charge in [0.15, 0.2) is 0 Å². The van der Waals surface area contributed by atoms with Crippen molar-refractivity contribution in [3.63, 3.8) is 0 Å². The van der Waals surface area contributed by atoms with Crippen molar-refractivity contribution in [2.24, 2.45) is 0 Å². The molecule has 0 aliphatic rings. The molecule has 1 heterocycles. The Hall–Kier alpha value is -1.62. The summed E-state index contributed by atoms with van der Waals surface area (Å²) in [6, 6.07) is 9.69. The molecule has 2 rings (SSSR count). The second-order valence-corrected chi connectivity index (χ2v) is 5.56. The smallest absolute Gasteiger partial charge is 0.254 e. The summed E-state index contributed by atoms with van der Waals surface area (Å²) in [6.45, 7) is 2.57. The highest BCUT2D eigenvalue weighted by Crippen LogP contribution is 2.07. The molecule has 2 aromatic rings. The van der Waals surface area contributed by atoms with Crippen molar-refractivity contribution in [3.05, 3.63) is 48.3 Å². The SMILES string of the molecule is CC(Br)CNC(=O)c1cnn(-c2ccccc2)c1. The Morgan fingerprint density at radius 1 is 1.44 bits per heavy atom. The molecule has 1 aromatic carbocycles. The fraction of sp³-hybridized carbons (Fsp3) is 0.231. The molecular weight excluding hydrogens is 294 g/mol. The van der Waals surface area contributed by atoms with Gasteiger partial charge in [-0.05, 0) is 12.1 Å². The van der Waals surface area contributed by atoms with Gasteiger partial charge in [0.2, 0.25) is 0 Å². The highest BCUT2D eigenvalue weighted by atomic mass is 79.9. The summed E-state index contributed by atoms with van der Waals surface area (Å²) in [5.41, 5.74) is 1.50. The molecule has 1 amide bonds. The van der Waals surface area contributed by atoms with Crippen LogP contribution in [0.5, 0.6) is 0 Å². The number of halogens is 1. The molecule has 4 nitrogen and oxygen atoms in total. The minimum Gasteiger partial charge on any atom is -0.351 e. The van der Waals surface area contributed by atoms with E-state index >= 15 is 0 Å². The molecule has 0 bridgehead atoms. The van der Waals surface area contributed by atoms with Crippen LogP contribution in [0.25, 0.3) is 5.69 Å². The summed E-state index contributed by atoms with van der Waals surface area (Å²) in [5.74, 6) is -0.108. The van der Waals surface area contributed by atoms with Crippen LogP contribution in [0.3, 0.4) is 0 Å². The second kappa shape index (κ2) is 5.82. The Morgan fingerprint density at radius 3 is 2.83 bits per heavy atom. The fourth-order valence-electron chi connectivity index (χ4n) is 1.50. The maximum Gasteiger partial charge on any atom is 0.254 e. The number of aromatic nitrogens is 2. The zero-order valence-corrected chi connectivity index (χ0v) is 11.6. The van der Waals surface area contributed by atoms with E-state index in [0.717, 1.165) is 5.69 Å². The number of benzene rings is 1. The molecule has 1 aromatic heterocycles.